The number of esters is 2. The summed E-state index contributed by atoms with van der Waals surface area (Å²) >= 11 is 1.33. The van der Waals surface area contributed by atoms with Crippen molar-refractivity contribution in [1.82, 2.24) is 15.6 Å². The molecule has 0 saturated carbocycles. The summed E-state index contributed by atoms with van der Waals surface area (Å²) in [6.45, 7) is 5.29. The number of carbonyl (C=O) groups excluding carboxylic acids is 3. The smallest absolute Gasteiger partial charge is 0.358 e. The number of aromatic nitrogens is 1. The lowest BCUT2D eigenvalue weighted by molar-refractivity contribution is -0.139. The van der Waals surface area contributed by atoms with Crippen LogP contribution in [0.4, 0.5) is 4.79 Å². The van der Waals surface area contributed by atoms with E-state index in [1.165, 1.54) is 16.9 Å². The second kappa shape index (κ2) is 10.6. The maximum atomic E-state index is 12.8. The number of ether oxygens (including phenoxy) is 2. The standard InChI is InChI=1S/C25H25N3O6S/c1-4-15-7-9-16(10-8-15)22-26-18(13-35-22)23(29)33-12-17-20(24(30)32-5-2)21(28-25(31)27-17)19-11-6-14(3)34-19/h6-11,13,21H,4-5,12H2,1-3H3,(H2,27,28,31). The van der Waals surface area contributed by atoms with Crippen molar-refractivity contribution < 1.29 is 28.3 Å². The first kappa shape index (κ1) is 24.2. The topological polar surface area (TPSA) is 120 Å². The molecule has 1 aliphatic rings. The van der Waals surface area contributed by atoms with Gasteiger partial charge in [-0.3, -0.25) is 0 Å². The molecule has 4 rings (SSSR count). The van der Waals surface area contributed by atoms with Crippen LogP contribution in [0.25, 0.3) is 10.6 Å². The summed E-state index contributed by atoms with van der Waals surface area (Å²) in [7, 11) is 0. The Bertz CT molecular complexity index is 1270. The summed E-state index contributed by atoms with van der Waals surface area (Å²) in [5.41, 5.74) is 2.47. The number of urea groups is 1. The number of nitrogens with zero attached hydrogens (tertiary/aromatic N) is 1. The third kappa shape index (κ3) is 5.43. The number of hydrogen-bond donors (Lipinski definition) is 2. The van der Waals surface area contributed by atoms with Gasteiger partial charge in [0, 0.05) is 10.9 Å². The molecule has 0 fully saturated rings. The van der Waals surface area contributed by atoms with E-state index in [0.29, 0.717) is 16.5 Å². The Hall–Kier alpha value is -3.92. The number of furan rings is 1. The molecule has 0 spiro atoms. The highest BCUT2D eigenvalue weighted by Gasteiger charge is 2.36. The molecule has 1 atom stereocenters. The van der Waals surface area contributed by atoms with Gasteiger partial charge in [0.15, 0.2) is 5.69 Å². The zero-order valence-electron chi connectivity index (χ0n) is 19.5. The van der Waals surface area contributed by atoms with Gasteiger partial charge in [-0.15, -0.1) is 11.3 Å². The summed E-state index contributed by atoms with van der Waals surface area (Å²) in [6.07, 6.45) is 0.936. The molecule has 2 N–H and O–H groups in total. The zero-order chi connectivity index (χ0) is 24.9. The number of aryl methyl sites for hydroxylation is 2. The van der Waals surface area contributed by atoms with E-state index < -0.39 is 24.0 Å². The average molecular weight is 496 g/mol. The Labute approximate surface area is 206 Å². The molecule has 0 radical (unpaired) electrons. The maximum absolute atomic E-state index is 12.8. The summed E-state index contributed by atoms with van der Waals surface area (Å²) < 4.78 is 16.2. The molecule has 10 heteroatoms. The fraction of sp³-hybridized carbons (Fsp3) is 0.280. The van der Waals surface area contributed by atoms with Crippen LogP contribution in [-0.4, -0.2) is 36.2 Å². The van der Waals surface area contributed by atoms with Gasteiger partial charge in [-0.2, -0.15) is 0 Å². The van der Waals surface area contributed by atoms with Crippen molar-refractivity contribution in [3.8, 4) is 10.6 Å². The number of thiazole rings is 1. The Morgan fingerprint density at radius 3 is 2.51 bits per heavy atom. The Morgan fingerprint density at radius 1 is 1.09 bits per heavy atom. The quantitative estimate of drug-likeness (QED) is 0.447. The summed E-state index contributed by atoms with van der Waals surface area (Å²) in [5, 5.41) is 7.52. The minimum absolute atomic E-state index is 0.101. The fourth-order valence-corrected chi connectivity index (χ4v) is 4.39. The van der Waals surface area contributed by atoms with Crippen LogP contribution in [0.3, 0.4) is 0 Å². The van der Waals surface area contributed by atoms with Crippen LogP contribution in [0, 0.1) is 6.92 Å². The van der Waals surface area contributed by atoms with Crippen molar-refractivity contribution in [2.45, 2.75) is 33.2 Å². The Morgan fingerprint density at radius 2 is 1.86 bits per heavy atom. The van der Waals surface area contributed by atoms with E-state index in [1.54, 1.807) is 31.4 Å². The van der Waals surface area contributed by atoms with Crippen LogP contribution < -0.4 is 10.6 Å². The maximum Gasteiger partial charge on any atom is 0.358 e. The van der Waals surface area contributed by atoms with Crippen molar-refractivity contribution in [2.24, 2.45) is 0 Å². The fourth-order valence-electron chi connectivity index (χ4n) is 3.60. The molecule has 2 aromatic heterocycles. The molecule has 182 valence electrons. The normalized spacial score (nSPS) is 15.4. The van der Waals surface area contributed by atoms with Gasteiger partial charge in [0.1, 0.15) is 29.2 Å². The molecule has 1 aromatic carbocycles. The largest absolute Gasteiger partial charge is 0.464 e. The predicted molar refractivity (Wildman–Crippen MR) is 129 cm³/mol. The third-order valence-electron chi connectivity index (χ3n) is 5.36. The first-order valence-corrected chi connectivity index (χ1v) is 12.0. The lowest BCUT2D eigenvalue weighted by Gasteiger charge is -2.27. The molecule has 0 saturated heterocycles. The van der Waals surface area contributed by atoms with Gasteiger partial charge >= 0.3 is 18.0 Å². The number of rotatable bonds is 8. The van der Waals surface area contributed by atoms with Gasteiger partial charge in [0.25, 0.3) is 0 Å². The van der Waals surface area contributed by atoms with Crippen LogP contribution in [-0.2, 0) is 20.7 Å². The van der Waals surface area contributed by atoms with Gasteiger partial charge in [-0.1, -0.05) is 31.2 Å². The SMILES string of the molecule is CCOC(=O)C1=C(COC(=O)c2csc(-c3ccc(CC)cc3)n2)NC(=O)NC1c1ccc(C)o1. The van der Waals surface area contributed by atoms with Crippen molar-refractivity contribution in [3.05, 3.63) is 75.8 Å². The highest BCUT2D eigenvalue weighted by atomic mass is 32.1. The Balaban J connectivity index is 1.55. The highest BCUT2D eigenvalue weighted by Crippen LogP contribution is 2.30. The van der Waals surface area contributed by atoms with E-state index in [4.69, 9.17) is 13.9 Å². The molecular formula is C25H25N3O6S. The summed E-state index contributed by atoms with van der Waals surface area (Å²) in [5.74, 6) is -0.349. The first-order valence-electron chi connectivity index (χ1n) is 11.2. The van der Waals surface area contributed by atoms with Gasteiger partial charge in [-0.25, -0.2) is 19.4 Å². The van der Waals surface area contributed by atoms with E-state index in [-0.39, 0.29) is 30.2 Å². The number of nitrogens with one attached hydrogen (secondary N) is 2. The lowest BCUT2D eigenvalue weighted by atomic mass is 10.0. The molecule has 3 aromatic rings. The van der Waals surface area contributed by atoms with Crippen molar-refractivity contribution >= 4 is 29.3 Å². The van der Waals surface area contributed by atoms with Crippen molar-refractivity contribution in [2.75, 3.05) is 13.2 Å². The van der Waals surface area contributed by atoms with Crippen LogP contribution in [0.15, 0.2) is 57.5 Å². The molecule has 0 aliphatic carbocycles. The molecule has 9 nitrogen and oxygen atoms in total. The van der Waals surface area contributed by atoms with Gasteiger partial charge < -0.3 is 24.5 Å². The second-order valence-electron chi connectivity index (χ2n) is 7.76. The second-order valence-corrected chi connectivity index (χ2v) is 8.62. The number of carbonyl (C=O) groups is 3. The number of hydrogen-bond acceptors (Lipinski definition) is 8. The molecule has 1 aliphatic heterocycles. The van der Waals surface area contributed by atoms with E-state index in [0.717, 1.165) is 12.0 Å². The van der Waals surface area contributed by atoms with Gasteiger partial charge in [-0.05, 0) is 38.0 Å². The van der Waals surface area contributed by atoms with E-state index in [9.17, 15) is 14.4 Å². The number of benzene rings is 1. The first-order chi connectivity index (χ1) is 16.9. The predicted octanol–water partition coefficient (Wildman–Crippen LogP) is 4.30. The number of amides is 2. The molecule has 2 amide bonds. The monoisotopic (exact) mass is 495 g/mol. The van der Waals surface area contributed by atoms with E-state index in [2.05, 4.69) is 22.5 Å². The molecule has 35 heavy (non-hydrogen) atoms. The van der Waals surface area contributed by atoms with Gasteiger partial charge in [0.2, 0.25) is 0 Å². The van der Waals surface area contributed by atoms with Crippen molar-refractivity contribution in [3.63, 3.8) is 0 Å². The minimum Gasteiger partial charge on any atom is -0.464 e. The molecule has 3 heterocycles. The van der Waals surface area contributed by atoms with Crippen LogP contribution in [0.2, 0.25) is 0 Å². The van der Waals surface area contributed by atoms with Crippen LogP contribution in [0.1, 0.15) is 47.5 Å². The Kier molecular flexibility index (Phi) is 7.31. The summed E-state index contributed by atoms with van der Waals surface area (Å²) in [6, 6.07) is 9.91. The van der Waals surface area contributed by atoms with Crippen LogP contribution >= 0.6 is 11.3 Å². The molecular weight excluding hydrogens is 470 g/mol. The molecule has 1 unspecified atom stereocenters. The summed E-state index contributed by atoms with van der Waals surface area (Å²) in [4.78, 5) is 42.2. The van der Waals surface area contributed by atoms with Crippen molar-refractivity contribution in [1.29, 1.82) is 0 Å². The van der Waals surface area contributed by atoms with Gasteiger partial charge in [0.05, 0.1) is 17.9 Å². The third-order valence-corrected chi connectivity index (χ3v) is 6.26. The van der Waals surface area contributed by atoms with E-state index in [1.807, 2.05) is 24.3 Å². The highest BCUT2D eigenvalue weighted by molar-refractivity contribution is 7.13. The van der Waals surface area contributed by atoms with E-state index >= 15 is 0 Å². The average Bonchev–Trinajstić information content (AvgIpc) is 3.52. The molecule has 0 bridgehead atoms. The lowest BCUT2D eigenvalue weighted by Crippen LogP contribution is -2.47. The zero-order valence-corrected chi connectivity index (χ0v) is 20.4. The minimum atomic E-state index is -0.887. The van der Waals surface area contributed by atoms with Crippen LogP contribution in [0.5, 0.6) is 0 Å².